The van der Waals surface area contributed by atoms with Gasteiger partial charge in [0.05, 0.1) is 14.2 Å². The largest absolute Gasteiger partial charge is 0.493 e. The maximum Gasteiger partial charge on any atom is 0.161 e. The molecule has 0 saturated heterocycles. The van der Waals surface area contributed by atoms with Crippen molar-refractivity contribution in [3.05, 3.63) is 42.5 Å². The molecule has 3 nitrogen and oxygen atoms in total. The molecule has 0 heterocycles. The van der Waals surface area contributed by atoms with Crippen LogP contribution in [0.2, 0.25) is 0 Å². The minimum Gasteiger partial charge on any atom is -0.493 e. The van der Waals surface area contributed by atoms with Gasteiger partial charge in [0.15, 0.2) is 11.5 Å². The van der Waals surface area contributed by atoms with Crippen LogP contribution in [-0.2, 0) is 6.42 Å². The quantitative estimate of drug-likeness (QED) is 0.566. The Labute approximate surface area is 109 Å². The predicted molar refractivity (Wildman–Crippen MR) is 76.4 cm³/mol. The maximum atomic E-state index is 5.31. The molecule has 1 aromatic carbocycles. The molecule has 1 rings (SSSR count). The van der Waals surface area contributed by atoms with Crippen LogP contribution >= 0.6 is 0 Å². The molecule has 0 amide bonds. The van der Waals surface area contributed by atoms with Gasteiger partial charge in [0.2, 0.25) is 0 Å². The summed E-state index contributed by atoms with van der Waals surface area (Å²) in [6.07, 6.45) is 4.60. The van der Waals surface area contributed by atoms with E-state index in [0.717, 1.165) is 36.6 Å². The lowest BCUT2D eigenvalue weighted by atomic mass is 10.0. The summed E-state index contributed by atoms with van der Waals surface area (Å²) in [7, 11) is 3.28. The van der Waals surface area contributed by atoms with Gasteiger partial charge in [0, 0.05) is 6.54 Å². The van der Waals surface area contributed by atoms with Crippen LogP contribution in [0.25, 0.3) is 6.08 Å². The first-order chi connectivity index (χ1) is 8.76. The molecular formula is C15H21NO2. The van der Waals surface area contributed by atoms with Crippen molar-refractivity contribution in [3.63, 3.8) is 0 Å². The summed E-state index contributed by atoms with van der Waals surface area (Å²) in [4.78, 5) is 0. The zero-order valence-electron chi connectivity index (χ0n) is 11.2. The van der Waals surface area contributed by atoms with Crippen molar-refractivity contribution < 1.29 is 9.47 Å². The van der Waals surface area contributed by atoms with Gasteiger partial charge >= 0.3 is 0 Å². The van der Waals surface area contributed by atoms with E-state index in [0.29, 0.717) is 0 Å². The molecule has 98 valence electrons. The summed E-state index contributed by atoms with van der Waals surface area (Å²) in [5.74, 6) is 1.48. The third-order valence-electron chi connectivity index (χ3n) is 2.73. The molecular weight excluding hydrogens is 226 g/mol. The molecule has 1 N–H and O–H groups in total. The SMILES string of the molecule is C=CCNCCc1cc(OC)c(OC)cc1C=C. The third kappa shape index (κ3) is 3.64. The summed E-state index contributed by atoms with van der Waals surface area (Å²) in [5.41, 5.74) is 2.27. The molecule has 0 aliphatic heterocycles. The third-order valence-corrected chi connectivity index (χ3v) is 2.73. The zero-order chi connectivity index (χ0) is 13.4. The number of ether oxygens (including phenoxy) is 2. The normalized spacial score (nSPS) is 9.89. The molecule has 0 spiro atoms. The Morgan fingerprint density at radius 2 is 1.83 bits per heavy atom. The van der Waals surface area contributed by atoms with Gasteiger partial charge in [-0.3, -0.25) is 0 Å². The number of benzene rings is 1. The first-order valence-corrected chi connectivity index (χ1v) is 5.95. The van der Waals surface area contributed by atoms with E-state index in [1.807, 2.05) is 24.3 Å². The Hall–Kier alpha value is -1.74. The molecule has 0 aliphatic carbocycles. The molecule has 1 aromatic rings. The van der Waals surface area contributed by atoms with Crippen molar-refractivity contribution in [3.8, 4) is 11.5 Å². The first-order valence-electron chi connectivity index (χ1n) is 5.95. The summed E-state index contributed by atoms with van der Waals surface area (Å²) < 4.78 is 10.6. The van der Waals surface area contributed by atoms with E-state index in [4.69, 9.17) is 9.47 Å². The fourth-order valence-electron chi connectivity index (χ4n) is 1.77. The Balaban J connectivity index is 2.87. The molecule has 0 aromatic heterocycles. The second-order valence-electron chi connectivity index (χ2n) is 3.85. The van der Waals surface area contributed by atoms with Gasteiger partial charge < -0.3 is 14.8 Å². The highest BCUT2D eigenvalue weighted by molar-refractivity contribution is 5.59. The number of hydrogen-bond donors (Lipinski definition) is 1. The highest BCUT2D eigenvalue weighted by atomic mass is 16.5. The van der Waals surface area contributed by atoms with Crippen LogP contribution < -0.4 is 14.8 Å². The number of rotatable bonds is 8. The van der Waals surface area contributed by atoms with Gasteiger partial charge in [-0.2, -0.15) is 0 Å². The van der Waals surface area contributed by atoms with Crippen molar-refractivity contribution in [1.29, 1.82) is 0 Å². The first kappa shape index (κ1) is 14.3. The van der Waals surface area contributed by atoms with E-state index in [1.54, 1.807) is 14.2 Å². The number of nitrogens with one attached hydrogen (secondary N) is 1. The van der Waals surface area contributed by atoms with E-state index in [2.05, 4.69) is 18.5 Å². The van der Waals surface area contributed by atoms with Crippen molar-refractivity contribution in [2.45, 2.75) is 6.42 Å². The van der Waals surface area contributed by atoms with Gasteiger partial charge in [-0.15, -0.1) is 6.58 Å². The minimum absolute atomic E-state index is 0.732. The topological polar surface area (TPSA) is 30.5 Å². The highest BCUT2D eigenvalue weighted by Gasteiger charge is 2.08. The molecule has 0 aliphatic rings. The Bertz CT molecular complexity index is 413. The average molecular weight is 247 g/mol. The van der Waals surface area contributed by atoms with Gasteiger partial charge in [0.25, 0.3) is 0 Å². The van der Waals surface area contributed by atoms with E-state index >= 15 is 0 Å². The molecule has 0 fully saturated rings. The molecule has 0 saturated carbocycles. The van der Waals surface area contributed by atoms with Crippen LogP contribution in [0.15, 0.2) is 31.4 Å². The minimum atomic E-state index is 0.732. The summed E-state index contributed by atoms with van der Waals surface area (Å²) in [5, 5.41) is 3.28. The smallest absolute Gasteiger partial charge is 0.161 e. The fourth-order valence-corrected chi connectivity index (χ4v) is 1.77. The molecule has 0 unspecified atom stereocenters. The standard InChI is InChI=1S/C15H21NO2/c1-5-8-16-9-7-13-11-15(18-4)14(17-3)10-12(13)6-2/h5-6,10-11,16H,1-2,7-9H2,3-4H3. The average Bonchev–Trinajstić information content (AvgIpc) is 2.42. The van der Waals surface area contributed by atoms with Gasteiger partial charge in [-0.05, 0) is 36.2 Å². The lowest BCUT2D eigenvalue weighted by Crippen LogP contribution is -2.17. The second-order valence-corrected chi connectivity index (χ2v) is 3.85. The zero-order valence-corrected chi connectivity index (χ0v) is 11.2. The molecule has 0 bridgehead atoms. The molecule has 18 heavy (non-hydrogen) atoms. The van der Waals surface area contributed by atoms with Crippen LogP contribution in [0.4, 0.5) is 0 Å². The summed E-state index contributed by atoms with van der Waals surface area (Å²) in [6, 6.07) is 3.96. The van der Waals surface area contributed by atoms with Crippen LogP contribution in [0.5, 0.6) is 11.5 Å². The predicted octanol–water partition coefficient (Wildman–Crippen LogP) is 2.66. The van der Waals surface area contributed by atoms with Crippen molar-refractivity contribution in [2.75, 3.05) is 27.3 Å². The van der Waals surface area contributed by atoms with E-state index in [1.165, 1.54) is 5.56 Å². The molecule has 0 atom stereocenters. The summed E-state index contributed by atoms with van der Waals surface area (Å²) in [6.45, 7) is 9.22. The van der Waals surface area contributed by atoms with Crippen LogP contribution in [0.1, 0.15) is 11.1 Å². The van der Waals surface area contributed by atoms with Gasteiger partial charge in [-0.1, -0.05) is 18.7 Å². The Kier molecular flexibility index (Phi) is 6.01. The fraction of sp³-hybridized carbons (Fsp3) is 0.333. The Morgan fingerprint density at radius 1 is 1.17 bits per heavy atom. The van der Waals surface area contributed by atoms with Gasteiger partial charge in [0.1, 0.15) is 0 Å². The van der Waals surface area contributed by atoms with Crippen LogP contribution in [0, 0.1) is 0 Å². The monoisotopic (exact) mass is 247 g/mol. The number of hydrogen-bond acceptors (Lipinski definition) is 3. The van der Waals surface area contributed by atoms with Gasteiger partial charge in [-0.25, -0.2) is 0 Å². The van der Waals surface area contributed by atoms with Crippen molar-refractivity contribution in [1.82, 2.24) is 5.32 Å². The van der Waals surface area contributed by atoms with Crippen molar-refractivity contribution in [2.24, 2.45) is 0 Å². The second kappa shape index (κ2) is 7.56. The Morgan fingerprint density at radius 3 is 2.39 bits per heavy atom. The number of methoxy groups -OCH3 is 2. The molecule has 0 radical (unpaired) electrons. The van der Waals surface area contributed by atoms with Crippen molar-refractivity contribution >= 4 is 6.08 Å². The maximum absolute atomic E-state index is 5.31. The lowest BCUT2D eigenvalue weighted by Gasteiger charge is -2.13. The summed E-state index contributed by atoms with van der Waals surface area (Å²) >= 11 is 0. The van der Waals surface area contributed by atoms with Crippen LogP contribution in [-0.4, -0.2) is 27.3 Å². The van der Waals surface area contributed by atoms with E-state index in [9.17, 15) is 0 Å². The van der Waals surface area contributed by atoms with Crippen LogP contribution in [0.3, 0.4) is 0 Å². The highest BCUT2D eigenvalue weighted by Crippen LogP contribution is 2.31. The lowest BCUT2D eigenvalue weighted by molar-refractivity contribution is 0.354. The van der Waals surface area contributed by atoms with E-state index in [-0.39, 0.29) is 0 Å². The molecule has 3 heteroatoms. The van der Waals surface area contributed by atoms with E-state index < -0.39 is 0 Å².